The highest BCUT2D eigenvalue weighted by Crippen LogP contribution is 2.41. The van der Waals surface area contributed by atoms with Crippen LogP contribution in [-0.2, 0) is 6.54 Å². The SMILES string of the molecule is CC1(Oc2ncnc3c2nc(-c2ccc(OCCN4CCN[C@@H](CC#N)C4)cc2Cl)n3Cc2ccccc2)CC1. The fourth-order valence-corrected chi connectivity index (χ4v) is 5.28. The summed E-state index contributed by atoms with van der Waals surface area (Å²) in [5.74, 6) is 1.90. The van der Waals surface area contributed by atoms with E-state index in [0.717, 1.165) is 50.1 Å². The summed E-state index contributed by atoms with van der Waals surface area (Å²) >= 11 is 6.85. The molecule has 2 fully saturated rings. The van der Waals surface area contributed by atoms with Gasteiger partial charge >= 0.3 is 0 Å². The van der Waals surface area contributed by atoms with Crippen molar-refractivity contribution in [2.75, 3.05) is 32.8 Å². The number of halogens is 1. The number of nitriles is 1. The molecule has 1 aliphatic carbocycles. The van der Waals surface area contributed by atoms with Crippen molar-refractivity contribution in [2.24, 2.45) is 0 Å². The van der Waals surface area contributed by atoms with Crippen LogP contribution in [0.1, 0.15) is 31.7 Å². The molecular weight excluding hydrogens is 526 g/mol. The quantitative estimate of drug-likeness (QED) is 0.300. The number of piperazine rings is 1. The summed E-state index contributed by atoms with van der Waals surface area (Å²) in [5, 5.41) is 12.9. The van der Waals surface area contributed by atoms with E-state index in [1.165, 1.54) is 6.33 Å². The van der Waals surface area contributed by atoms with Crippen molar-refractivity contribution in [1.82, 2.24) is 29.7 Å². The number of rotatable bonds is 10. The van der Waals surface area contributed by atoms with E-state index in [1.54, 1.807) is 0 Å². The Morgan fingerprint density at radius 3 is 2.80 bits per heavy atom. The Labute approximate surface area is 238 Å². The minimum atomic E-state index is -0.192. The molecule has 6 rings (SSSR count). The van der Waals surface area contributed by atoms with Crippen molar-refractivity contribution < 1.29 is 9.47 Å². The predicted molar refractivity (Wildman–Crippen MR) is 154 cm³/mol. The molecule has 40 heavy (non-hydrogen) atoms. The van der Waals surface area contributed by atoms with E-state index in [-0.39, 0.29) is 11.6 Å². The summed E-state index contributed by atoms with van der Waals surface area (Å²) in [5.41, 5.74) is 3.05. The van der Waals surface area contributed by atoms with Gasteiger partial charge in [0.05, 0.1) is 24.1 Å². The molecule has 1 aliphatic heterocycles. The summed E-state index contributed by atoms with van der Waals surface area (Å²) in [6.45, 7) is 6.66. The van der Waals surface area contributed by atoms with Crippen LogP contribution < -0.4 is 14.8 Å². The van der Waals surface area contributed by atoms with Gasteiger partial charge in [0.15, 0.2) is 11.2 Å². The van der Waals surface area contributed by atoms with Gasteiger partial charge in [-0.2, -0.15) is 10.2 Å². The molecule has 0 spiro atoms. The average molecular weight is 558 g/mol. The second-order valence-electron chi connectivity index (χ2n) is 10.7. The minimum Gasteiger partial charge on any atom is -0.492 e. The molecule has 4 aromatic rings. The standard InChI is InChI=1S/C30H32ClN7O2/c1-30(10-11-30)40-29-26-28(34-20-35-29)38(18-21-5-3-2-4-6-21)27(36-26)24-8-7-23(17-25(24)31)39-16-15-37-14-13-33-22(19-37)9-12-32/h2-8,17,20,22,33H,9-11,13-16,18-19H2,1H3/t22-/m0/s1. The predicted octanol–water partition coefficient (Wildman–Crippen LogP) is 4.69. The molecule has 206 valence electrons. The van der Waals surface area contributed by atoms with Gasteiger partial charge < -0.3 is 19.4 Å². The molecule has 2 aromatic heterocycles. The van der Waals surface area contributed by atoms with Crippen LogP contribution in [0.4, 0.5) is 0 Å². The van der Waals surface area contributed by atoms with E-state index in [9.17, 15) is 0 Å². The summed E-state index contributed by atoms with van der Waals surface area (Å²) < 4.78 is 14.4. The molecule has 1 saturated carbocycles. The molecule has 2 aromatic carbocycles. The van der Waals surface area contributed by atoms with E-state index < -0.39 is 0 Å². The largest absolute Gasteiger partial charge is 0.492 e. The fourth-order valence-electron chi connectivity index (χ4n) is 5.03. The first-order valence-electron chi connectivity index (χ1n) is 13.7. The molecule has 1 atom stereocenters. The van der Waals surface area contributed by atoms with Crippen molar-refractivity contribution in [3.8, 4) is 29.1 Å². The Kier molecular flexibility index (Phi) is 7.57. The van der Waals surface area contributed by atoms with Crippen LogP contribution in [0.3, 0.4) is 0 Å². The molecule has 3 heterocycles. The fraction of sp³-hybridized carbons (Fsp3) is 0.400. The summed E-state index contributed by atoms with van der Waals surface area (Å²) in [6.07, 6.45) is 4.05. The lowest BCUT2D eigenvalue weighted by Crippen LogP contribution is -2.51. The summed E-state index contributed by atoms with van der Waals surface area (Å²) in [7, 11) is 0. The molecule has 0 bridgehead atoms. The lowest BCUT2D eigenvalue weighted by Gasteiger charge is -2.32. The first-order valence-corrected chi connectivity index (χ1v) is 14.1. The van der Waals surface area contributed by atoms with Gasteiger partial charge in [-0.05, 0) is 43.5 Å². The van der Waals surface area contributed by atoms with E-state index in [2.05, 4.69) is 49.9 Å². The first kappa shape index (κ1) is 26.5. The Hall–Kier alpha value is -3.71. The van der Waals surface area contributed by atoms with Crippen molar-refractivity contribution >= 4 is 22.8 Å². The number of fused-ring (bicyclic) bond motifs is 1. The molecule has 9 nitrogen and oxygen atoms in total. The van der Waals surface area contributed by atoms with Crippen molar-refractivity contribution in [1.29, 1.82) is 5.26 Å². The second-order valence-corrected chi connectivity index (χ2v) is 11.1. The normalized spacial score (nSPS) is 18.4. The van der Waals surface area contributed by atoms with Crippen LogP contribution >= 0.6 is 11.6 Å². The Bertz CT molecular complexity index is 1530. The van der Waals surface area contributed by atoms with Gasteiger partial charge in [0, 0.05) is 37.8 Å². The molecule has 10 heteroatoms. The van der Waals surface area contributed by atoms with E-state index in [0.29, 0.717) is 53.2 Å². The third-order valence-corrected chi connectivity index (χ3v) is 7.83. The smallest absolute Gasteiger partial charge is 0.245 e. The van der Waals surface area contributed by atoms with Gasteiger partial charge in [0.1, 0.15) is 30.1 Å². The maximum atomic E-state index is 8.99. The lowest BCUT2D eigenvalue weighted by atomic mass is 10.1. The molecule has 1 N–H and O–H groups in total. The zero-order valence-corrected chi connectivity index (χ0v) is 23.3. The highest BCUT2D eigenvalue weighted by Gasteiger charge is 2.41. The maximum Gasteiger partial charge on any atom is 0.245 e. The first-order chi connectivity index (χ1) is 19.5. The number of hydrogen-bond acceptors (Lipinski definition) is 8. The van der Waals surface area contributed by atoms with Crippen molar-refractivity contribution in [2.45, 2.75) is 44.4 Å². The number of ether oxygens (including phenoxy) is 2. The number of nitrogens with zero attached hydrogens (tertiary/aromatic N) is 6. The van der Waals surface area contributed by atoms with Crippen molar-refractivity contribution in [3.63, 3.8) is 0 Å². The van der Waals surface area contributed by atoms with E-state index in [4.69, 9.17) is 31.3 Å². The third-order valence-electron chi connectivity index (χ3n) is 7.51. The van der Waals surface area contributed by atoms with Gasteiger partial charge in [0.25, 0.3) is 0 Å². The second kappa shape index (κ2) is 11.4. The zero-order valence-electron chi connectivity index (χ0n) is 22.5. The number of imidazole rings is 1. The lowest BCUT2D eigenvalue weighted by molar-refractivity contribution is 0.166. The number of hydrogen-bond donors (Lipinski definition) is 1. The minimum absolute atomic E-state index is 0.192. The van der Waals surface area contributed by atoms with Crippen LogP contribution in [0.5, 0.6) is 11.6 Å². The third kappa shape index (κ3) is 5.89. The molecule has 0 amide bonds. The molecule has 0 unspecified atom stereocenters. The van der Waals surface area contributed by atoms with Crippen molar-refractivity contribution in [3.05, 3.63) is 65.4 Å². The van der Waals surface area contributed by atoms with Gasteiger partial charge in [-0.3, -0.25) is 4.90 Å². The number of nitrogens with one attached hydrogen (secondary N) is 1. The van der Waals surface area contributed by atoms with Gasteiger partial charge in [-0.1, -0.05) is 41.9 Å². The van der Waals surface area contributed by atoms with E-state index >= 15 is 0 Å². The number of aromatic nitrogens is 4. The van der Waals surface area contributed by atoms with Crippen LogP contribution in [-0.4, -0.2) is 68.8 Å². The van der Waals surface area contributed by atoms with Gasteiger partial charge in [-0.15, -0.1) is 0 Å². The Morgan fingerprint density at radius 1 is 1.18 bits per heavy atom. The number of benzene rings is 2. The Balaban J connectivity index is 1.25. The molecule has 2 aliphatic rings. The summed E-state index contributed by atoms with van der Waals surface area (Å²) in [6, 6.07) is 18.4. The van der Waals surface area contributed by atoms with Gasteiger partial charge in [0.2, 0.25) is 5.88 Å². The van der Waals surface area contributed by atoms with E-state index in [1.807, 2.05) is 36.4 Å². The van der Waals surface area contributed by atoms with Crippen LogP contribution in [0.15, 0.2) is 54.9 Å². The average Bonchev–Trinajstić information content (AvgIpc) is 3.57. The molecule has 0 radical (unpaired) electrons. The van der Waals surface area contributed by atoms with Crippen LogP contribution in [0, 0.1) is 11.3 Å². The molecular formula is C30H32ClN7O2. The maximum absolute atomic E-state index is 8.99. The monoisotopic (exact) mass is 557 g/mol. The topological polar surface area (TPSA) is 101 Å². The highest BCUT2D eigenvalue weighted by atomic mass is 35.5. The Morgan fingerprint density at radius 2 is 2.02 bits per heavy atom. The van der Waals surface area contributed by atoms with Crippen LogP contribution in [0.25, 0.3) is 22.6 Å². The molecule has 1 saturated heterocycles. The zero-order chi connectivity index (χ0) is 27.5. The summed E-state index contributed by atoms with van der Waals surface area (Å²) in [4.78, 5) is 16.3. The highest BCUT2D eigenvalue weighted by molar-refractivity contribution is 6.33. The van der Waals surface area contributed by atoms with Gasteiger partial charge in [-0.25, -0.2) is 9.97 Å². The van der Waals surface area contributed by atoms with Crippen LogP contribution in [0.2, 0.25) is 5.02 Å².